The van der Waals surface area contributed by atoms with Crippen molar-refractivity contribution in [2.45, 2.75) is 38.8 Å². The number of carbonyl (C=O) groups excluding carboxylic acids is 3. The maximum absolute atomic E-state index is 13.0. The van der Waals surface area contributed by atoms with Gasteiger partial charge in [-0.25, -0.2) is 0 Å². The third-order valence-corrected chi connectivity index (χ3v) is 6.34. The number of rotatable bonds is 7. The fourth-order valence-electron chi connectivity index (χ4n) is 4.45. The molecular weight excluding hydrogens is 418 g/mol. The average Bonchev–Trinajstić information content (AvgIpc) is 3.19. The Labute approximate surface area is 194 Å². The Kier molecular flexibility index (Phi) is 7.27. The van der Waals surface area contributed by atoms with Crippen LogP contribution in [0, 0.1) is 12.8 Å². The number of benzene rings is 2. The van der Waals surface area contributed by atoms with Gasteiger partial charge >= 0.3 is 0 Å². The average molecular weight is 450 g/mol. The van der Waals surface area contributed by atoms with Crippen molar-refractivity contribution in [3.05, 3.63) is 65.7 Å². The van der Waals surface area contributed by atoms with Crippen molar-refractivity contribution >= 4 is 17.7 Å². The second-order valence-electron chi connectivity index (χ2n) is 8.93. The molecule has 2 aliphatic rings. The van der Waals surface area contributed by atoms with Crippen LogP contribution in [0.4, 0.5) is 0 Å². The Hall–Kier alpha value is -3.35. The van der Waals surface area contributed by atoms with E-state index in [1.54, 1.807) is 4.90 Å². The van der Waals surface area contributed by atoms with Gasteiger partial charge in [0.1, 0.15) is 5.75 Å². The molecule has 3 amide bonds. The van der Waals surface area contributed by atoms with Crippen LogP contribution in [0.15, 0.2) is 54.6 Å². The molecule has 33 heavy (non-hydrogen) atoms. The van der Waals surface area contributed by atoms with E-state index in [1.807, 2.05) is 66.4 Å². The van der Waals surface area contributed by atoms with Crippen molar-refractivity contribution in [3.8, 4) is 5.75 Å². The van der Waals surface area contributed by atoms with Crippen LogP contribution < -0.4 is 10.1 Å². The highest BCUT2D eigenvalue weighted by Gasteiger charge is 2.37. The quantitative estimate of drug-likeness (QED) is 0.705. The Balaban J connectivity index is 1.19. The fraction of sp³-hybridized carbons (Fsp3) is 0.423. The maximum Gasteiger partial charge on any atom is 0.258 e. The van der Waals surface area contributed by atoms with Gasteiger partial charge in [0.25, 0.3) is 5.91 Å². The molecule has 1 N–H and O–H groups in total. The molecule has 4 rings (SSSR count). The van der Waals surface area contributed by atoms with Gasteiger partial charge in [0.05, 0.1) is 5.92 Å². The normalized spacial score (nSPS) is 18.9. The molecule has 2 saturated heterocycles. The monoisotopic (exact) mass is 449 g/mol. The molecule has 0 aliphatic carbocycles. The highest BCUT2D eigenvalue weighted by atomic mass is 16.5. The van der Waals surface area contributed by atoms with Gasteiger partial charge in [-0.3, -0.25) is 14.4 Å². The zero-order valence-corrected chi connectivity index (χ0v) is 19.0. The number of nitrogens with one attached hydrogen (secondary N) is 1. The van der Waals surface area contributed by atoms with Crippen LogP contribution >= 0.6 is 0 Å². The van der Waals surface area contributed by atoms with Crippen LogP contribution in [-0.4, -0.2) is 59.8 Å². The standard InChI is InChI=1S/C26H31N3O4/c1-19-7-9-23(10-8-19)33-18-24(30)27-22-11-13-28(14-12-22)26(32)21-15-25(31)29(17-21)16-20-5-3-2-4-6-20/h2-10,21-22H,11-18H2,1H3,(H,27,30). The lowest BCUT2D eigenvalue weighted by atomic mass is 10.0. The summed E-state index contributed by atoms with van der Waals surface area (Å²) in [4.78, 5) is 41.3. The minimum absolute atomic E-state index is 0.0242. The Morgan fingerprint density at radius 2 is 1.73 bits per heavy atom. The molecule has 2 fully saturated rings. The van der Waals surface area contributed by atoms with Gasteiger partial charge in [0, 0.05) is 38.6 Å². The lowest BCUT2D eigenvalue weighted by Crippen LogP contribution is -2.49. The first-order valence-corrected chi connectivity index (χ1v) is 11.6. The van der Waals surface area contributed by atoms with Crippen LogP contribution in [0.1, 0.15) is 30.4 Å². The molecule has 1 unspecified atom stereocenters. The van der Waals surface area contributed by atoms with Crippen LogP contribution in [-0.2, 0) is 20.9 Å². The molecule has 0 aromatic heterocycles. The van der Waals surface area contributed by atoms with E-state index in [4.69, 9.17) is 4.74 Å². The second kappa shape index (κ2) is 10.5. The summed E-state index contributed by atoms with van der Waals surface area (Å²) in [6, 6.07) is 17.5. The van der Waals surface area contributed by atoms with Crippen molar-refractivity contribution in [1.29, 1.82) is 0 Å². The van der Waals surface area contributed by atoms with Gasteiger partial charge in [0.15, 0.2) is 6.61 Å². The molecule has 2 aliphatic heterocycles. The third kappa shape index (κ3) is 6.12. The Bertz CT molecular complexity index is 969. The summed E-state index contributed by atoms with van der Waals surface area (Å²) in [6.07, 6.45) is 1.69. The van der Waals surface area contributed by atoms with Gasteiger partial charge in [-0.05, 0) is 37.5 Å². The van der Waals surface area contributed by atoms with E-state index in [0.29, 0.717) is 44.8 Å². The van der Waals surface area contributed by atoms with Gasteiger partial charge in [-0.2, -0.15) is 0 Å². The first kappa shape index (κ1) is 22.8. The number of aryl methyl sites for hydroxylation is 1. The van der Waals surface area contributed by atoms with Crippen molar-refractivity contribution in [2.24, 2.45) is 5.92 Å². The zero-order chi connectivity index (χ0) is 23.2. The fourth-order valence-corrected chi connectivity index (χ4v) is 4.45. The lowest BCUT2D eigenvalue weighted by molar-refractivity contribution is -0.137. The van der Waals surface area contributed by atoms with E-state index < -0.39 is 0 Å². The molecule has 2 aromatic carbocycles. The van der Waals surface area contributed by atoms with E-state index >= 15 is 0 Å². The molecular formula is C26H31N3O4. The van der Waals surface area contributed by atoms with E-state index in [0.717, 1.165) is 11.1 Å². The van der Waals surface area contributed by atoms with Gasteiger partial charge in [-0.1, -0.05) is 48.0 Å². The van der Waals surface area contributed by atoms with Gasteiger partial charge in [0.2, 0.25) is 11.8 Å². The number of carbonyl (C=O) groups is 3. The predicted molar refractivity (Wildman–Crippen MR) is 124 cm³/mol. The molecule has 1 atom stereocenters. The second-order valence-corrected chi connectivity index (χ2v) is 8.93. The number of hydrogen-bond donors (Lipinski definition) is 1. The largest absolute Gasteiger partial charge is 0.484 e. The van der Waals surface area contributed by atoms with Crippen LogP contribution in [0.5, 0.6) is 5.75 Å². The molecule has 0 radical (unpaired) electrons. The van der Waals surface area contributed by atoms with E-state index in [2.05, 4.69) is 5.32 Å². The van der Waals surface area contributed by atoms with Crippen LogP contribution in [0.25, 0.3) is 0 Å². The summed E-state index contributed by atoms with van der Waals surface area (Å²) in [7, 11) is 0. The van der Waals surface area contributed by atoms with E-state index in [9.17, 15) is 14.4 Å². The minimum Gasteiger partial charge on any atom is -0.484 e. The van der Waals surface area contributed by atoms with Crippen molar-refractivity contribution in [2.75, 3.05) is 26.2 Å². The Morgan fingerprint density at radius 3 is 2.42 bits per heavy atom. The smallest absolute Gasteiger partial charge is 0.258 e. The van der Waals surface area contributed by atoms with E-state index in [-0.39, 0.29) is 42.7 Å². The summed E-state index contributed by atoms with van der Waals surface area (Å²) in [6.45, 7) is 4.17. The highest BCUT2D eigenvalue weighted by Crippen LogP contribution is 2.24. The molecule has 0 saturated carbocycles. The number of amides is 3. The third-order valence-electron chi connectivity index (χ3n) is 6.34. The van der Waals surface area contributed by atoms with Crippen molar-refractivity contribution in [3.63, 3.8) is 0 Å². The van der Waals surface area contributed by atoms with Gasteiger partial charge in [-0.15, -0.1) is 0 Å². The number of likely N-dealkylation sites (tertiary alicyclic amines) is 2. The summed E-state index contributed by atoms with van der Waals surface area (Å²) >= 11 is 0. The van der Waals surface area contributed by atoms with Crippen molar-refractivity contribution < 1.29 is 19.1 Å². The predicted octanol–water partition coefficient (Wildman–Crippen LogP) is 2.53. The number of ether oxygens (including phenoxy) is 1. The molecule has 0 spiro atoms. The summed E-state index contributed by atoms with van der Waals surface area (Å²) in [5.41, 5.74) is 2.21. The highest BCUT2D eigenvalue weighted by molar-refractivity contribution is 5.89. The SMILES string of the molecule is Cc1ccc(OCC(=O)NC2CCN(C(=O)C3CC(=O)N(Cc4ccccc4)C3)CC2)cc1. The number of nitrogens with zero attached hydrogens (tertiary/aromatic N) is 2. The summed E-state index contributed by atoms with van der Waals surface area (Å²) < 4.78 is 5.54. The number of hydrogen-bond acceptors (Lipinski definition) is 4. The lowest BCUT2D eigenvalue weighted by Gasteiger charge is -2.33. The van der Waals surface area contributed by atoms with Crippen molar-refractivity contribution in [1.82, 2.24) is 15.1 Å². The molecule has 7 heteroatoms. The van der Waals surface area contributed by atoms with Gasteiger partial charge < -0.3 is 19.9 Å². The molecule has 174 valence electrons. The van der Waals surface area contributed by atoms with E-state index in [1.165, 1.54) is 0 Å². The van der Waals surface area contributed by atoms with Crippen LogP contribution in [0.2, 0.25) is 0 Å². The molecule has 2 heterocycles. The first-order valence-electron chi connectivity index (χ1n) is 11.6. The summed E-state index contributed by atoms with van der Waals surface area (Å²) in [5.74, 6) is 0.316. The Morgan fingerprint density at radius 1 is 1.03 bits per heavy atom. The number of piperidine rings is 1. The summed E-state index contributed by atoms with van der Waals surface area (Å²) in [5, 5.41) is 3.01. The molecule has 2 aromatic rings. The van der Waals surface area contributed by atoms with Crippen LogP contribution in [0.3, 0.4) is 0 Å². The molecule has 7 nitrogen and oxygen atoms in total. The zero-order valence-electron chi connectivity index (χ0n) is 19.0. The minimum atomic E-state index is -0.282. The maximum atomic E-state index is 13.0. The first-order chi connectivity index (χ1) is 16.0. The molecule has 0 bridgehead atoms. The topological polar surface area (TPSA) is 79.0 Å².